The zero-order valence-corrected chi connectivity index (χ0v) is 6.73. The second-order valence-corrected chi connectivity index (χ2v) is 2.59. The van der Waals surface area contributed by atoms with Gasteiger partial charge in [-0.3, -0.25) is 0 Å². The van der Waals surface area contributed by atoms with E-state index in [-0.39, 0.29) is 5.69 Å². The fourth-order valence-corrected chi connectivity index (χ4v) is 0.908. The van der Waals surface area contributed by atoms with Crippen molar-refractivity contribution in [1.29, 1.82) is 5.26 Å². The lowest BCUT2D eigenvalue weighted by Crippen LogP contribution is -2.12. The van der Waals surface area contributed by atoms with Crippen molar-refractivity contribution in [2.24, 2.45) is 0 Å². The molecule has 3 N–H and O–H groups in total. The molecular formula is C7H10N4O. The summed E-state index contributed by atoms with van der Waals surface area (Å²) in [6, 6.07) is 1.85. The molecule has 12 heavy (non-hydrogen) atoms. The molecule has 0 aliphatic heterocycles. The Hall–Kier alpha value is -1.54. The minimum Gasteiger partial charge on any atom is -0.392 e. The summed E-state index contributed by atoms with van der Waals surface area (Å²) in [6.07, 6.45) is 0.952. The lowest BCUT2D eigenvalue weighted by atomic mass is 10.4. The van der Waals surface area contributed by atoms with Gasteiger partial charge in [0.25, 0.3) is 0 Å². The molecule has 5 nitrogen and oxygen atoms in total. The summed E-state index contributed by atoms with van der Waals surface area (Å²) in [5.41, 5.74) is 5.73. The number of aliphatic hydroxyl groups excluding tert-OH is 1. The lowest BCUT2D eigenvalue weighted by molar-refractivity contribution is 0.174. The van der Waals surface area contributed by atoms with Crippen LogP contribution in [0.1, 0.15) is 12.6 Å². The monoisotopic (exact) mass is 166 g/mol. The second kappa shape index (κ2) is 3.24. The average molecular weight is 166 g/mol. The second-order valence-electron chi connectivity index (χ2n) is 2.59. The van der Waals surface area contributed by atoms with E-state index in [1.165, 1.54) is 6.33 Å². The van der Waals surface area contributed by atoms with Gasteiger partial charge in [-0.05, 0) is 6.92 Å². The number of hydrogen-bond donors (Lipinski definition) is 2. The number of aromatic nitrogens is 2. The lowest BCUT2D eigenvalue weighted by Gasteiger charge is -2.05. The molecule has 0 aliphatic rings. The summed E-state index contributed by atoms with van der Waals surface area (Å²) < 4.78 is 1.54. The molecule has 1 aromatic rings. The van der Waals surface area contributed by atoms with Crippen LogP contribution in [-0.2, 0) is 6.54 Å². The third kappa shape index (κ3) is 1.54. The number of nitrogens with two attached hydrogens (primary N) is 1. The summed E-state index contributed by atoms with van der Waals surface area (Å²) in [7, 11) is 0. The number of nitrogen functional groups attached to an aromatic ring is 1. The van der Waals surface area contributed by atoms with Gasteiger partial charge in [-0.15, -0.1) is 0 Å². The quantitative estimate of drug-likeness (QED) is 0.632. The fourth-order valence-electron chi connectivity index (χ4n) is 0.908. The van der Waals surface area contributed by atoms with E-state index >= 15 is 0 Å². The molecule has 0 aromatic carbocycles. The standard InChI is InChI=1S/C7H10N4O/c1-5(12)3-11-4-10-6(2-8)7(11)9/h4-5,12H,3,9H2,1H3. The summed E-state index contributed by atoms with van der Waals surface area (Å²) >= 11 is 0. The van der Waals surface area contributed by atoms with Gasteiger partial charge in [-0.2, -0.15) is 5.26 Å². The van der Waals surface area contributed by atoms with E-state index in [9.17, 15) is 0 Å². The Kier molecular flexibility index (Phi) is 2.31. The topological polar surface area (TPSA) is 87.9 Å². The van der Waals surface area contributed by atoms with E-state index in [0.717, 1.165) is 0 Å². The van der Waals surface area contributed by atoms with Crippen molar-refractivity contribution in [3.63, 3.8) is 0 Å². The first kappa shape index (κ1) is 8.56. The molecule has 1 rings (SSSR count). The highest BCUT2D eigenvalue weighted by Crippen LogP contribution is 2.08. The molecule has 0 amide bonds. The number of nitriles is 1. The smallest absolute Gasteiger partial charge is 0.182 e. The molecular weight excluding hydrogens is 156 g/mol. The van der Waals surface area contributed by atoms with Gasteiger partial charge >= 0.3 is 0 Å². The van der Waals surface area contributed by atoms with E-state index < -0.39 is 6.10 Å². The van der Waals surface area contributed by atoms with E-state index in [2.05, 4.69) is 4.98 Å². The number of aliphatic hydroxyl groups is 1. The van der Waals surface area contributed by atoms with Crippen molar-refractivity contribution in [3.05, 3.63) is 12.0 Å². The van der Waals surface area contributed by atoms with Crippen molar-refractivity contribution in [2.75, 3.05) is 5.73 Å². The zero-order chi connectivity index (χ0) is 9.14. The molecule has 64 valence electrons. The predicted octanol–water partition coefficient (Wildman–Crippen LogP) is -0.282. The third-order valence-corrected chi connectivity index (χ3v) is 1.45. The molecule has 0 saturated carbocycles. The van der Waals surface area contributed by atoms with E-state index in [4.69, 9.17) is 16.1 Å². The number of anilines is 1. The zero-order valence-electron chi connectivity index (χ0n) is 6.73. The van der Waals surface area contributed by atoms with Crippen molar-refractivity contribution < 1.29 is 5.11 Å². The normalized spacial score (nSPS) is 12.4. The van der Waals surface area contributed by atoms with Crippen LogP contribution in [0.5, 0.6) is 0 Å². The van der Waals surface area contributed by atoms with Gasteiger partial charge in [0.2, 0.25) is 0 Å². The molecule has 1 heterocycles. The maximum Gasteiger partial charge on any atom is 0.182 e. The average Bonchev–Trinajstić information content (AvgIpc) is 2.32. The number of imidazole rings is 1. The van der Waals surface area contributed by atoms with Crippen LogP contribution in [-0.4, -0.2) is 20.8 Å². The molecule has 0 bridgehead atoms. The molecule has 1 unspecified atom stereocenters. The largest absolute Gasteiger partial charge is 0.392 e. The van der Waals surface area contributed by atoms with Crippen molar-refractivity contribution in [1.82, 2.24) is 9.55 Å². The molecule has 0 fully saturated rings. The highest BCUT2D eigenvalue weighted by molar-refractivity contribution is 5.44. The SMILES string of the molecule is CC(O)Cn1cnc(C#N)c1N. The Morgan fingerprint density at radius 1 is 1.92 bits per heavy atom. The van der Waals surface area contributed by atoms with Gasteiger partial charge < -0.3 is 15.4 Å². The van der Waals surface area contributed by atoms with Gasteiger partial charge in [0.05, 0.1) is 19.0 Å². The van der Waals surface area contributed by atoms with Gasteiger partial charge in [0.15, 0.2) is 5.69 Å². The molecule has 0 saturated heterocycles. The Labute approximate surface area is 70.1 Å². The Balaban J connectivity index is 2.89. The van der Waals surface area contributed by atoms with Crippen LogP contribution in [0.15, 0.2) is 6.33 Å². The number of rotatable bonds is 2. The Morgan fingerprint density at radius 3 is 3.00 bits per heavy atom. The molecule has 1 aromatic heterocycles. The molecule has 5 heteroatoms. The highest BCUT2D eigenvalue weighted by atomic mass is 16.3. The predicted molar refractivity (Wildman–Crippen MR) is 43.0 cm³/mol. The molecule has 0 radical (unpaired) electrons. The van der Waals surface area contributed by atoms with E-state index in [1.807, 2.05) is 6.07 Å². The first-order valence-electron chi connectivity index (χ1n) is 3.54. The summed E-state index contributed by atoms with van der Waals surface area (Å²) in [6.45, 7) is 2.01. The van der Waals surface area contributed by atoms with Crippen LogP contribution in [0, 0.1) is 11.3 Å². The molecule has 0 spiro atoms. The summed E-state index contributed by atoms with van der Waals surface area (Å²) in [5.74, 6) is 0.304. The summed E-state index contributed by atoms with van der Waals surface area (Å²) in [5, 5.41) is 17.5. The fraction of sp³-hybridized carbons (Fsp3) is 0.429. The van der Waals surface area contributed by atoms with Crippen molar-refractivity contribution in [3.8, 4) is 6.07 Å². The van der Waals surface area contributed by atoms with Gasteiger partial charge in [0.1, 0.15) is 11.9 Å². The minimum atomic E-state index is -0.493. The van der Waals surface area contributed by atoms with E-state index in [1.54, 1.807) is 11.5 Å². The van der Waals surface area contributed by atoms with Gasteiger partial charge in [0, 0.05) is 0 Å². The maximum absolute atomic E-state index is 9.03. The highest BCUT2D eigenvalue weighted by Gasteiger charge is 2.07. The minimum absolute atomic E-state index is 0.204. The van der Waals surface area contributed by atoms with Crippen molar-refractivity contribution in [2.45, 2.75) is 19.6 Å². The van der Waals surface area contributed by atoms with Crippen LogP contribution < -0.4 is 5.73 Å². The maximum atomic E-state index is 9.03. The van der Waals surface area contributed by atoms with Gasteiger partial charge in [-0.1, -0.05) is 0 Å². The van der Waals surface area contributed by atoms with Crippen LogP contribution in [0.25, 0.3) is 0 Å². The number of hydrogen-bond acceptors (Lipinski definition) is 4. The first-order chi connectivity index (χ1) is 5.65. The first-order valence-corrected chi connectivity index (χ1v) is 3.54. The Morgan fingerprint density at radius 2 is 2.58 bits per heavy atom. The summed E-state index contributed by atoms with van der Waals surface area (Å²) in [4.78, 5) is 3.75. The van der Waals surface area contributed by atoms with Crippen LogP contribution in [0.4, 0.5) is 5.82 Å². The Bertz CT molecular complexity index is 310. The molecule has 0 aliphatic carbocycles. The van der Waals surface area contributed by atoms with Gasteiger partial charge in [-0.25, -0.2) is 4.98 Å². The molecule has 1 atom stereocenters. The number of nitrogens with zero attached hydrogens (tertiary/aromatic N) is 3. The van der Waals surface area contributed by atoms with Crippen molar-refractivity contribution >= 4 is 5.82 Å². The third-order valence-electron chi connectivity index (χ3n) is 1.45. The van der Waals surface area contributed by atoms with Crippen LogP contribution >= 0.6 is 0 Å². The van der Waals surface area contributed by atoms with Crippen LogP contribution in [0.3, 0.4) is 0 Å². The van der Waals surface area contributed by atoms with E-state index in [0.29, 0.717) is 12.4 Å². The van der Waals surface area contributed by atoms with Crippen LogP contribution in [0.2, 0.25) is 0 Å².